The SMILES string of the molecule is O=C(COCc1nc2ccccc2s1)NCc1nnc2ccc(C(F)(F)F)cn12. The van der Waals surface area contributed by atoms with Gasteiger partial charge in [-0.2, -0.15) is 13.2 Å². The first kappa shape index (κ1) is 19.3. The minimum atomic E-state index is -4.48. The number of pyridine rings is 1. The average molecular weight is 421 g/mol. The molecule has 0 atom stereocenters. The Morgan fingerprint density at radius 3 is 2.79 bits per heavy atom. The Kier molecular flexibility index (Phi) is 5.16. The summed E-state index contributed by atoms with van der Waals surface area (Å²) in [6.07, 6.45) is -3.58. The lowest BCUT2D eigenvalue weighted by atomic mass is 10.3. The lowest BCUT2D eigenvalue weighted by molar-refractivity contribution is -0.137. The molecule has 7 nitrogen and oxygen atoms in total. The third kappa shape index (κ3) is 4.35. The molecule has 3 aromatic heterocycles. The van der Waals surface area contributed by atoms with E-state index in [0.29, 0.717) is 0 Å². The largest absolute Gasteiger partial charge is 0.417 e. The van der Waals surface area contributed by atoms with E-state index < -0.39 is 17.6 Å². The monoisotopic (exact) mass is 421 g/mol. The number of fused-ring (bicyclic) bond motifs is 2. The van der Waals surface area contributed by atoms with Crippen LogP contribution in [0.2, 0.25) is 0 Å². The summed E-state index contributed by atoms with van der Waals surface area (Å²) in [7, 11) is 0. The first-order valence-electron chi connectivity index (χ1n) is 8.50. The highest BCUT2D eigenvalue weighted by molar-refractivity contribution is 7.18. The molecule has 29 heavy (non-hydrogen) atoms. The number of para-hydroxylation sites is 1. The molecule has 1 aromatic carbocycles. The minimum Gasteiger partial charge on any atom is -0.364 e. The predicted molar refractivity (Wildman–Crippen MR) is 99.1 cm³/mol. The molecule has 0 aliphatic rings. The number of alkyl halides is 3. The fourth-order valence-corrected chi connectivity index (χ4v) is 3.57. The van der Waals surface area contributed by atoms with Crippen LogP contribution in [0, 0.1) is 0 Å². The van der Waals surface area contributed by atoms with Gasteiger partial charge in [-0.1, -0.05) is 12.1 Å². The van der Waals surface area contributed by atoms with Crippen molar-refractivity contribution in [1.29, 1.82) is 0 Å². The van der Waals surface area contributed by atoms with E-state index >= 15 is 0 Å². The van der Waals surface area contributed by atoms with Gasteiger partial charge in [0.25, 0.3) is 0 Å². The van der Waals surface area contributed by atoms with Crippen molar-refractivity contribution in [2.24, 2.45) is 0 Å². The number of halogens is 3. The quantitative estimate of drug-likeness (QED) is 0.517. The molecule has 3 heterocycles. The lowest BCUT2D eigenvalue weighted by Gasteiger charge is -2.08. The van der Waals surface area contributed by atoms with Crippen molar-refractivity contribution in [1.82, 2.24) is 24.9 Å². The number of nitrogens with one attached hydrogen (secondary N) is 1. The fraction of sp³-hybridized carbons (Fsp3) is 0.222. The number of thiazole rings is 1. The number of hydrogen-bond donors (Lipinski definition) is 1. The summed E-state index contributed by atoms with van der Waals surface area (Å²) in [6, 6.07) is 9.83. The average Bonchev–Trinajstić information content (AvgIpc) is 3.28. The van der Waals surface area contributed by atoms with Crippen LogP contribution >= 0.6 is 11.3 Å². The third-order valence-corrected chi connectivity index (χ3v) is 5.05. The molecule has 150 valence electrons. The maximum Gasteiger partial charge on any atom is 0.417 e. The predicted octanol–water partition coefficient (Wildman–Crippen LogP) is 3.19. The van der Waals surface area contributed by atoms with Gasteiger partial charge < -0.3 is 10.1 Å². The Bertz CT molecular complexity index is 1140. The van der Waals surface area contributed by atoms with Crippen molar-refractivity contribution in [3.05, 3.63) is 59.0 Å². The zero-order chi connectivity index (χ0) is 20.4. The molecule has 0 aliphatic heterocycles. The molecule has 0 aliphatic carbocycles. The van der Waals surface area contributed by atoms with E-state index in [1.807, 2.05) is 24.3 Å². The van der Waals surface area contributed by atoms with E-state index in [1.165, 1.54) is 21.8 Å². The summed E-state index contributed by atoms with van der Waals surface area (Å²) in [5.41, 5.74) is 0.309. The molecular formula is C18H14F3N5O2S. The zero-order valence-electron chi connectivity index (χ0n) is 14.8. The number of amides is 1. The molecule has 4 rings (SSSR count). The number of rotatable bonds is 6. The van der Waals surface area contributed by atoms with Gasteiger partial charge in [-0.3, -0.25) is 9.20 Å². The van der Waals surface area contributed by atoms with E-state index in [-0.39, 0.29) is 31.2 Å². The second kappa shape index (κ2) is 7.76. The van der Waals surface area contributed by atoms with Gasteiger partial charge in [0.05, 0.1) is 28.9 Å². The normalized spacial score (nSPS) is 12.0. The molecular weight excluding hydrogens is 407 g/mol. The Hall–Kier alpha value is -3.05. The molecule has 11 heteroatoms. The van der Waals surface area contributed by atoms with E-state index in [9.17, 15) is 18.0 Å². The Morgan fingerprint density at radius 1 is 1.17 bits per heavy atom. The first-order valence-corrected chi connectivity index (χ1v) is 9.31. The lowest BCUT2D eigenvalue weighted by Crippen LogP contribution is -2.28. The number of ether oxygens (including phenoxy) is 1. The van der Waals surface area contributed by atoms with Crippen LogP contribution in [-0.4, -0.2) is 32.1 Å². The van der Waals surface area contributed by atoms with E-state index in [4.69, 9.17) is 4.74 Å². The standard InChI is InChI=1S/C18H14F3N5O2S/c19-18(20,21)11-5-6-14-24-25-15(26(14)8-11)7-22-16(27)9-28-10-17-23-12-3-1-2-4-13(12)29-17/h1-6,8H,7,9-10H2,(H,22,27). The maximum atomic E-state index is 12.9. The summed E-state index contributed by atoms with van der Waals surface area (Å²) in [5, 5.41) is 10.9. The van der Waals surface area contributed by atoms with Crippen molar-refractivity contribution in [3.63, 3.8) is 0 Å². The Balaban J connectivity index is 1.32. The van der Waals surface area contributed by atoms with Crippen LogP contribution in [0.5, 0.6) is 0 Å². The van der Waals surface area contributed by atoms with Crippen LogP contribution in [0.3, 0.4) is 0 Å². The molecule has 1 amide bonds. The highest BCUT2D eigenvalue weighted by Gasteiger charge is 2.31. The summed E-state index contributed by atoms with van der Waals surface area (Å²) < 4.78 is 46.2. The maximum absolute atomic E-state index is 12.9. The van der Waals surface area contributed by atoms with Gasteiger partial charge in [0.2, 0.25) is 5.91 Å². The molecule has 0 saturated heterocycles. The van der Waals surface area contributed by atoms with Crippen molar-refractivity contribution in [3.8, 4) is 0 Å². The van der Waals surface area contributed by atoms with Gasteiger partial charge in [-0.25, -0.2) is 4.98 Å². The number of carbonyl (C=O) groups is 1. The zero-order valence-corrected chi connectivity index (χ0v) is 15.6. The number of aromatic nitrogens is 4. The van der Waals surface area contributed by atoms with Crippen molar-refractivity contribution >= 4 is 33.1 Å². The summed E-state index contributed by atoms with van der Waals surface area (Å²) in [6.45, 7) is -0.0954. The topological polar surface area (TPSA) is 81.4 Å². The Labute approximate surface area is 166 Å². The van der Waals surface area contributed by atoms with Crippen LogP contribution in [0.1, 0.15) is 16.4 Å². The molecule has 4 aromatic rings. The van der Waals surface area contributed by atoms with E-state index in [0.717, 1.165) is 27.5 Å². The molecule has 0 bridgehead atoms. The molecule has 0 fully saturated rings. The smallest absolute Gasteiger partial charge is 0.364 e. The number of nitrogens with zero attached hydrogens (tertiary/aromatic N) is 4. The number of benzene rings is 1. The van der Waals surface area contributed by atoms with Gasteiger partial charge in [0.1, 0.15) is 11.6 Å². The molecule has 0 radical (unpaired) electrons. The molecule has 0 saturated carbocycles. The van der Waals surface area contributed by atoms with Gasteiger partial charge in [0.15, 0.2) is 11.5 Å². The van der Waals surface area contributed by atoms with Crippen molar-refractivity contribution in [2.45, 2.75) is 19.3 Å². The van der Waals surface area contributed by atoms with Crippen LogP contribution < -0.4 is 5.32 Å². The second-order valence-electron chi connectivity index (χ2n) is 6.10. The van der Waals surface area contributed by atoms with Crippen LogP contribution in [0.15, 0.2) is 42.6 Å². The van der Waals surface area contributed by atoms with E-state index in [2.05, 4.69) is 20.5 Å². The van der Waals surface area contributed by atoms with Gasteiger partial charge in [0, 0.05) is 6.20 Å². The summed E-state index contributed by atoms with van der Waals surface area (Å²) in [5.74, 6) is -0.236. The minimum absolute atomic E-state index is 0.0776. The molecule has 0 spiro atoms. The van der Waals surface area contributed by atoms with Crippen LogP contribution in [-0.2, 0) is 28.9 Å². The second-order valence-corrected chi connectivity index (χ2v) is 7.22. The van der Waals surface area contributed by atoms with Crippen molar-refractivity contribution < 1.29 is 22.7 Å². The van der Waals surface area contributed by atoms with Crippen LogP contribution in [0.4, 0.5) is 13.2 Å². The van der Waals surface area contributed by atoms with Gasteiger partial charge in [-0.15, -0.1) is 21.5 Å². The summed E-state index contributed by atoms with van der Waals surface area (Å²) >= 11 is 1.48. The third-order valence-electron chi connectivity index (χ3n) is 4.04. The summed E-state index contributed by atoms with van der Waals surface area (Å²) in [4.78, 5) is 16.4. The fourth-order valence-electron chi connectivity index (χ4n) is 2.67. The molecule has 1 N–H and O–H groups in total. The van der Waals surface area contributed by atoms with Gasteiger partial charge in [-0.05, 0) is 24.3 Å². The van der Waals surface area contributed by atoms with Crippen molar-refractivity contribution in [2.75, 3.05) is 6.61 Å². The Morgan fingerprint density at radius 2 is 2.00 bits per heavy atom. The molecule has 0 unspecified atom stereocenters. The van der Waals surface area contributed by atoms with E-state index in [1.54, 1.807) is 0 Å². The van der Waals surface area contributed by atoms with Gasteiger partial charge >= 0.3 is 6.18 Å². The number of carbonyl (C=O) groups excluding carboxylic acids is 1. The highest BCUT2D eigenvalue weighted by atomic mass is 32.1. The first-order chi connectivity index (χ1) is 13.9. The van der Waals surface area contributed by atoms with Crippen LogP contribution in [0.25, 0.3) is 15.9 Å². The number of hydrogen-bond acceptors (Lipinski definition) is 6. The highest BCUT2D eigenvalue weighted by Crippen LogP contribution is 2.29.